The molecular formula is C15H12F2O35S8. The van der Waals surface area contributed by atoms with Crippen molar-refractivity contribution in [3.8, 4) is 0 Å². The molecule has 45 heteroatoms. The van der Waals surface area contributed by atoms with Gasteiger partial charge in [-0.05, 0) is 0 Å². The highest BCUT2D eigenvalue weighted by molar-refractivity contribution is 7.91. The second-order valence-electron chi connectivity index (χ2n) is 10.6. The number of halogens is 2. The first-order valence-corrected chi connectivity index (χ1v) is 24.3. The lowest BCUT2D eigenvalue weighted by atomic mass is 9.91. The molecule has 344 valence electrons. The largest absolute Gasteiger partial charge is 0.455 e. The molecule has 35 nitrogen and oxygen atoms in total. The fourth-order valence-corrected chi connectivity index (χ4v) is 10.7. The van der Waals surface area contributed by atoms with Crippen LogP contribution in [0.4, 0.5) is 8.78 Å². The number of carbonyl (C=O) groups is 4. The van der Waals surface area contributed by atoms with Gasteiger partial charge in [-0.25, -0.2) is 69.8 Å². The van der Waals surface area contributed by atoms with Gasteiger partial charge in [0.1, 0.15) is 13.2 Å². The second-order valence-corrected chi connectivity index (χ2v) is 20.4. The Labute approximate surface area is 331 Å². The fourth-order valence-electron chi connectivity index (χ4n) is 3.88. The Bertz CT molecular complexity index is 2610. The highest BCUT2D eigenvalue weighted by atomic mass is 32.3. The Hall–Kier alpha value is -3.07. The first-order chi connectivity index (χ1) is 26.8. The maximum absolute atomic E-state index is 13.1. The zero-order chi connectivity index (χ0) is 45.6. The van der Waals surface area contributed by atoms with E-state index in [1.807, 2.05) is 0 Å². The summed E-state index contributed by atoms with van der Waals surface area (Å²) >= 11 is 0. The predicted molar refractivity (Wildman–Crippen MR) is 155 cm³/mol. The maximum atomic E-state index is 13.1. The number of alkyl halides is 2. The van der Waals surface area contributed by atoms with Crippen LogP contribution in [0.1, 0.15) is 0 Å². The van der Waals surface area contributed by atoms with Crippen molar-refractivity contribution in [2.45, 2.75) is 30.1 Å². The molecule has 60 heavy (non-hydrogen) atoms. The van der Waals surface area contributed by atoms with Gasteiger partial charge in [0.25, 0.3) is 18.5 Å². The molecule has 0 N–H and O–H groups in total. The molecule has 0 aromatic rings. The van der Waals surface area contributed by atoms with Crippen molar-refractivity contribution in [1.82, 2.24) is 0 Å². The van der Waals surface area contributed by atoms with Gasteiger partial charge < -0.3 is 16.7 Å². The van der Waals surface area contributed by atoms with Gasteiger partial charge in [-0.2, -0.15) is 71.5 Å². The average molecular weight is 1050 g/mol. The van der Waals surface area contributed by atoms with Gasteiger partial charge in [0.05, 0.1) is 13.2 Å². The third-order valence-electron chi connectivity index (χ3n) is 6.28. The Morgan fingerprint density at radius 3 is 1.07 bits per heavy atom. The standard InChI is InChI=1S/C5H4O10S2.C4H4F2O7S2.C3O10S2.C3H4O8S2/c6-3-5(1-12-16(8,9)14-3)2-13-17(10,11)15-4(5)7;1-14(7)10-2(5)4(12-14)3(6)11-15(8,9)13-4;4-1-3(12-14(6,7)10-1)2(5)11-15(8,9)13-3;4-12(5)8-1-3(10-12)2-9-13(6,7)11-3/h1-2H2;2-3H,1H2;;1-2H2. The lowest BCUT2D eigenvalue weighted by Gasteiger charge is -2.32. The van der Waals surface area contributed by atoms with Gasteiger partial charge >= 0.3 is 108 Å². The molecule has 0 radical (unpaired) electrons. The Morgan fingerprint density at radius 1 is 0.433 bits per heavy atom. The van der Waals surface area contributed by atoms with E-state index >= 15 is 0 Å². The molecule has 0 saturated carbocycles. The molecule has 4 unspecified atom stereocenters. The molecule has 8 heterocycles. The first kappa shape index (κ1) is 48.0. The third-order valence-corrected chi connectivity index (χ3v) is 13.1. The molecular weight excluding hydrogens is 1030 g/mol. The minimum atomic E-state index is -4.81. The van der Waals surface area contributed by atoms with Gasteiger partial charge in [0.15, 0.2) is 0 Å². The topological polar surface area (TPSA) is 472 Å². The Morgan fingerprint density at radius 2 is 0.800 bits per heavy atom. The smallest absolute Gasteiger partial charge is 0.323 e. The average Bonchev–Trinajstić information content (AvgIpc) is 3.77. The third kappa shape index (κ3) is 9.92. The minimum absolute atomic E-state index is 0.533. The van der Waals surface area contributed by atoms with E-state index in [4.69, 9.17) is 0 Å². The summed E-state index contributed by atoms with van der Waals surface area (Å²) in [5, 5.41) is 0. The normalized spacial score (nSPS) is 36.6. The summed E-state index contributed by atoms with van der Waals surface area (Å²) in [5.74, 6) is -12.1. The Kier molecular flexibility index (Phi) is 11.8. The molecule has 0 bridgehead atoms. The van der Waals surface area contributed by atoms with Crippen LogP contribution in [0.2, 0.25) is 0 Å². The lowest BCUT2D eigenvalue weighted by Crippen LogP contribution is -2.56. The van der Waals surface area contributed by atoms with Gasteiger partial charge in [0, 0.05) is 5.87 Å². The number of hydrogen-bond donors (Lipinski definition) is 0. The molecule has 0 aliphatic carbocycles. The van der Waals surface area contributed by atoms with Crippen LogP contribution in [0.3, 0.4) is 0 Å². The van der Waals surface area contributed by atoms with E-state index in [1.165, 1.54) is 0 Å². The fraction of sp³-hybridized carbons (Fsp3) is 0.667. The number of rotatable bonds is 0. The summed E-state index contributed by atoms with van der Waals surface area (Å²) in [7, 11) is -35.6. The molecule has 4 spiro atoms. The molecule has 4 atom stereocenters. The van der Waals surface area contributed by atoms with Crippen LogP contribution in [-0.2, 0) is 169 Å². The first-order valence-electron chi connectivity index (χ1n) is 13.4. The van der Waals surface area contributed by atoms with Crippen molar-refractivity contribution >= 4 is 113 Å². The summed E-state index contributed by atoms with van der Waals surface area (Å²) in [6.07, 6.45) is -5.54. The van der Waals surface area contributed by atoms with E-state index in [0.717, 1.165) is 0 Å². The SMILES string of the molecule is C=S1(=O)OC(F)C2(O1)OS(=O)(=O)OC2F.O=C1OS(=O)(=O)OC12OS(=O)(=O)OC2=O.O=C1OS(=O)(=O)OCC12COS(=O)(=O)OC2=O.O=S1(=O)OCC2(COS(=O)(=O)O2)O1. The van der Waals surface area contributed by atoms with Crippen molar-refractivity contribution in [3.63, 3.8) is 0 Å². The zero-order valence-corrected chi connectivity index (χ0v) is 33.5. The minimum Gasteiger partial charge on any atom is -0.323 e. The van der Waals surface area contributed by atoms with Crippen LogP contribution >= 0.6 is 0 Å². The van der Waals surface area contributed by atoms with E-state index in [0.29, 0.717) is 0 Å². The Balaban J connectivity index is 0.000000152. The second kappa shape index (κ2) is 14.8. The van der Waals surface area contributed by atoms with Gasteiger partial charge in [-0.1, -0.05) is 0 Å². The van der Waals surface area contributed by atoms with E-state index in [2.05, 4.69) is 72.8 Å². The van der Waals surface area contributed by atoms with E-state index in [9.17, 15) is 91.1 Å². The van der Waals surface area contributed by atoms with Crippen molar-refractivity contribution in [3.05, 3.63) is 0 Å². The zero-order valence-electron chi connectivity index (χ0n) is 27.0. The monoisotopic (exact) mass is 1050 g/mol. The quantitative estimate of drug-likeness (QED) is 0.161. The molecule has 0 aromatic carbocycles. The molecule has 0 amide bonds. The summed E-state index contributed by atoms with van der Waals surface area (Å²) in [4.78, 5) is 44.5. The van der Waals surface area contributed by atoms with Crippen LogP contribution in [-0.4, -0.2) is 149 Å². The molecule has 8 aliphatic heterocycles. The van der Waals surface area contributed by atoms with Crippen LogP contribution in [0.5, 0.6) is 0 Å². The summed E-state index contributed by atoms with van der Waals surface area (Å²) < 4.78 is 250. The number of hydrogen-bond acceptors (Lipinski definition) is 35. The van der Waals surface area contributed by atoms with Crippen molar-refractivity contribution in [2.24, 2.45) is 5.41 Å². The van der Waals surface area contributed by atoms with E-state index in [1.54, 1.807) is 0 Å². The van der Waals surface area contributed by atoms with Crippen LogP contribution in [0.15, 0.2) is 0 Å². The van der Waals surface area contributed by atoms with Crippen LogP contribution in [0.25, 0.3) is 0 Å². The molecule has 8 aliphatic rings. The predicted octanol–water partition coefficient (Wildman–Crippen LogP) is -7.65. The van der Waals surface area contributed by atoms with Gasteiger partial charge in [0.2, 0.25) is 15.5 Å². The van der Waals surface area contributed by atoms with Crippen molar-refractivity contribution in [1.29, 1.82) is 0 Å². The highest BCUT2D eigenvalue weighted by Crippen LogP contribution is 2.44. The van der Waals surface area contributed by atoms with Crippen LogP contribution < -0.4 is 0 Å². The summed E-state index contributed by atoms with van der Waals surface area (Å²) in [6, 6.07) is 0. The lowest BCUT2D eigenvalue weighted by molar-refractivity contribution is -0.219. The molecule has 8 fully saturated rings. The van der Waals surface area contributed by atoms with Crippen molar-refractivity contribution < 1.29 is 158 Å². The summed E-state index contributed by atoms with van der Waals surface area (Å²) in [6.45, 7) is -2.95. The molecule has 0 aromatic heterocycles. The van der Waals surface area contributed by atoms with E-state index < -0.39 is 169 Å². The van der Waals surface area contributed by atoms with Gasteiger partial charge in [-0.3, -0.25) is 0 Å². The maximum Gasteiger partial charge on any atom is 0.455 e. The molecule has 8 saturated heterocycles. The van der Waals surface area contributed by atoms with E-state index in [-0.39, 0.29) is 0 Å². The van der Waals surface area contributed by atoms with Crippen molar-refractivity contribution in [2.75, 3.05) is 26.4 Å². The summed E-state index contributed by atoms with van der Waals surface area (Å²) in [5.41, 5.74) is -2.24. The van der Waals surface area contributed by atoms with Crippen LogP contribution in [0, 0.1) is 5.41 Å². The molecule has 8 rings (SSSR count). The highest BCUT2D eigenvalue weighted by Gasteiger charge is 2.71. The van der Waals surface area contributed by atoms with Gasteiger partial charge in [-0.15, -0.1) is 0 Å². The number of carbonyl (C=O) groups excluding carboxylic acids is 4.